The average molecular weight is 383 g/mol. The number of hydrogen-bond donors (Lipinski definition) is 0. The molecule has 0 aliphatic carbocycles. The van der Waals surface area contributed by atoms with Crippen molar-refractivity contribution in [1.29, 1.82) is 0 Å². The van der Waals surface area contributed by atoms with Crippen molar-refractivity contribution in [2.75, 3.05) is 0 Å². The summed E-state index contributed by atoms with van der Waals surface area (Å²) < 4.78 is 6.89. The number of fused-ring (bicyclic) bond motifs is 1. The van der Waals surface area contributed by atoms with Crippen molar-refractivity contribution in [3.8, 4) is 11.5 Å². The van der Waals surface area contributed by atoms with Gasteiger partial charge >= 0.3 is 0 Å². The van der Waals surface area contributed by atoms with E-state index in [0.29, 0.717) is 22.4 Å². The molecule has 0 atom stereocenters. The molecule has 5 heteroatoms. The molecule has 1 heterocycles. The zero-order chi connectivity index (χ0) is 14.8. The van der Waals surface area contributed by atoms with E-state index < -0.39 is 0 Å². The molecule has 0 bridgehead atoms. The molecular formula is C16H10BrCl2NO. The third-order valence-corrected chi connectivity index (χ3v) is 4.06. The predicted molar refractivity (Wildman–Crippen MR) is 90.5 cm³/mol. The van der Waals surface area contributed by atoms with E-state index in [-0.39, 0.29) is 0 Å². The van der Waals surface area contributed by atoms with Crippen molar-refractivity contribution in [1.82, 2.24) is 4.98 Å². The number of aromatic nitrogens is 1. The number of halogens is 3. The molecule has 2 nitrogen and oxygen atoms in total. The van der Waals surface area contributed by atoms with Crippen LogP contribution in [0.15, 0.2) is 53.0 Å². The van der Waals surface area contributed by atoms with Gasteiger partial charge < -0.3 is 4.74 Å². The Morgan fingerprint density at radius 3 is 2.67 bits per heavy atom. The molecule has 0 N–H and O–H groups in total. The first-order valence-corrected chi connectivity index (χ1v) is 7.95. The summed E-state index contributed by atoms with van der Waals surface area (Å²) >= 11 is 15.5. The number of rotatable bonds is 3. The average Bonchev–Trinajstić information content (AvgIpc) is 2.50. The van der Waals surface area contributed by atoms with E-state index in [2.05, 4.69) is 20.9 Å². The van der Waals surface area contributed by atoms with Crippen LogP contribution in [0.2, 0.25) is 5.02 Å². The summed E-state index contributed by atoms with van der Waals surface area (Å²) in [6.07, 6.45) is 0. The van der Waals surface area contributed by atoms with Crippen molar-refractivity contribution in [2.24, 2.45) is 0 Å². The molecule has 0 unspecified atom stereocenters. The molecule has 0 aliphatic rings. The van der Waals surface area contributed by atoms with Crippen LogP contribution in [0.1, 0.15) is 5.69 Å². The highest BCUT2D eigenvalue weighted by atomic mass is 79.9. The van der Waals surface area contributed by atoms with Gasteiger partial charge in [0.1, 0.15) is 11.5 Å². The fourth-order valence-corrected chi connectivity index (χ4v) is 2.66. The number of alkyl halides is 1. The number of benzene rings is 2. The lowest BCUT2D eigenvalue weighted by molar-refractivity contribution is 0.487. The summed E-state index contributed by atoms with van der Waals surface area (Å²) in [6, 6.07) is 15.1. The zero-order valence-electron chi connectivity index (χ0n) is 10.8. The standard InChI is InChI=1S/C16H10BrCl2NO/c17-10-5-6-13(19)16(7-10)21-15-8-11(9-18)20-14-4-2-1-3-12(14)15/h1-8H,9H2. The van der Waals surface area contributed by atoms with E-state index in [1.165, 1.54) is 0 Å². The Balaban J connectivity index is 2.13. The van der Waals surface area contributed by atoms with Crippen LogP contribution in [0, 0.1) is 0 Å². The smallest absolute Gasteiger partial charge is 0.147 e. The Kier molecular flexibility index (Phi) is 4.34. The monoisotopic (exact) mass is 381 g/mol. The number of hydrogen-bond acceptors (Lipinski definition) is 2. The highest BCUT2D eigenvalue weighted by molar-refractivity contribution is 9.10. The number of nitrogens with zero attached hydrogens (tertiary/aromatic N) is 1. The largest absolute Gasteiger partial charge is 0.455 e. The molecule has 0 saturated carbocycles. The molecule has 0 radical (unpaired) electrons. The fourth-order valence-electron chi connectivity index (χ4n) is 2.02. The molecule has 21 heavy (non-hydrogen) atoms. The van der Waals surface area contributed by atoms with Crippen molar-refractivity contribution < 1.29 is 4.74 Å². The summed E-state index contributed by atoms with van der Waals surface area (Å²) in [5.41, 5.74) is 1.60. The lowest BCUT2D eigenvalue weighted by Crippen LogP contribution is -1.92. The zero-order valence-corrected chi connectivity index (χ0v) is 13.9. The SMILES string of the molecule is ClCc1cc(Oc2cc(Br)ccc2Cl)c2ccccc2n1. The molecular weight excluding hydrogens is 373 g/mol. The molecule has 2 aromatic carbocycles. The van der Waals surface area contributed by atoms with E-state index >= 15 is 0 Å². The first-order chi connectivity index (χ1) is 10.2. The van der Waals surface area contributed by atoms with Crippen LogP contribution >= 0.6 is 39.1 Å². The van der Waals surface area contributed by atoms with Gasteiger partial charge in [0.15, 0.2) is 0 Å². The van der Waals surface area contributed by atoms with Crippen LogP contribution in [0.4, 0.5) is 0 Å². The lowest BCUT2D eigenvalue weighted by Gasteiger charge is -2.11. The first-order valence-electron chi connectivity index (χ1n) is 6.25. The third kappa shape index (κ3) is 3.15. The Morgan fingerprint density at radius 2 is 1.86 bits per heavy atom. The van der Waals surface area contributed by atoms with Crippen LogP contribution in [-0.2, 0) is 5.88 Å². The van der Waals surface area contributed by atoms with Gasteiger partial charge in [0.25, 0.3) is 0 Å². The van der Waals surface area contributed by atoms with E-state index in [1.54, 1.807) is 6.07 Å². The molecule has 0 aliphatic heterocycles. The minimum absolute atomic E-state index is 0.327. The maximum Gasteiger partial charge on any atom is 0.147 e. The number of para-hydroxylation sites is 1. The van der Waals surface area contributed by atoms with Gasteiger partial charge in [-0.2, -0.15) is 0 Å². The Hall–Kier alpha value is -1.29. The predicted octanol–water partition coefficient (Wildman–Crippen LogP) is 6.18. The van der Waals surface area contributed by atoms with Crippen LogP contribution in [0.25, 0.3) is 10.9 Å². The Morgan fingerprint density at radius 1 is 1.05 bits per heavy atom. The summed E-state index contributed by atoms with van der Waals surface area (Å²) in [5.74, 6) is 1.60. The van der Waals surface area contributed by atoms with Crippen molar-refractivity contribution >= 4 is 50.0 Å². The highest BCUT2D eigenvalue weighted by Gasteiger charge is 2.10. The minimum Gasteiger partial charge on any atom is -0.455 e. The molecule has 106 valence electrons. The van der Waals surface area contributed by atoms with E-state index in [4.69, 9.17) is 27.9 Å². The van der Waals surface area contributed by atoms with Crippen molar-refractivity contribution in [3.63, 3.8) is 0 Å². The maximum absolute atomic E-state index is 6.18. The molecule has 0 spiro atoms. The van der Waals surface area contributed by atoms with Gasteiger partial charge in [-0.15, -0.1) is 11.6 Å². The molecule has 0 amide bonds. The van der Waals surface area contributed by atoms with Crippen LogP contribution in [-0.4, -0.2) is 4.98 Å². The molecule has 0 saturated heterocycles. The second-order valence-corrected chi connectivity index (χ2v) is 6.03. The normalized spacial score (nSPS) is 10.8. The van der Waals surface area contributed by atoms with E-state index in [1.807, 2.05) is 42.5 Å². The fraction of sp³-hybridized carbons (Fsp3) is 0.0625. The summed E-state index contributed by atoms with van der Waals surface area (Å²) in [6.45, 7) is 0. The summed E-state index contributed by atoms with van der Waals surface area (Å²) in [4.78, 5) is 4.48. The first kappa shape index (κ1) is 14.6. The Bertz CT molecular complexity index is 807. The van der Waals surface area contributed by atoms with E-state index in [0.717, 1.165) is 21.1 Å². The van der Waals surface area contributed by atoms with Crippen LogP contribution in [0.3, 0.4) is 0 Å². The van der Waals surface area contributed by atoms with Crippen molar-refractivity contribution in [3.05, 3.63) is 63.7 Å². The van der Waals surface area contributed by atoms with Gasteiger partial charge in [0, 0.05) is 15.9 Å². The van der Waals surface area contributed by atoms with Gasteiger partial charge in [0.05, 0.1) is 22.1 Å². The third-order valence-electron chi connectivity index (χ3n) is 2.98. The van der Waals surface area contributed by atoms with Crippen LogP contribution < -0.4 is 4.74 Å². The summed E-state index contributed by atoms with van der Waals surface area (Å²) in [7, 11) is 0. The van der Waals surface area contributed by atoms with Crippen molar-refractivity contribution in [2.45, 2.75) is 5.88 Å². The number of ether oxygens (including phenoxy) is 1. The molecule has 3 rings (SSSR count). The lowest BCUT2D eigenvalue weighted by atomic mass is 10.2. The van der Waals surface area contributed by atoms with Gasteiger partial charge in [0.2, 0.25) is 0 Å². The highest BCUT2D eigenvalue weighted by Crippen LogP contribution is 2.35. The maximum atomic E-state index is 6.18. The number of pyridine rings is 1. The van der Waals surface area contributed by atoms with Gasteiger partial charge in [-0.05, 0) is 30.3 Å². The van der Waals surface area contributed by atoms with E-state index in [9.17, 15) is 0 Å². The van der Waals surface area contributed by atoms with Gasteiger partial charge in [-0.3, -0.25) is 4.98 Å². The van der Waals surface area contributed by atoms with Gasteiger partial charge in [-0.25, -0.2) is 0 Å². The minimum atomic E-state index is 0.327. The Labute approximate surface area is 140 Å². The second-order valence-electron chi connectivity index (χ2n) is 4.44. The quantitative estimate of drug-likeness (QED) is 0.504. The topological polar surface area (TPSA) is 22.1 Å². The van der Waals surface area contributed by atoms with Crippen LogP contribution in [0.5, 0.6) is 11.5 Å². The summed E-state index contributed by atoms with van der Waals surface area (Å²) in [5, 5.41) is 1.47. The second kappa shape index (κ2) is 6.22. The van der Waals surface area contributed by atoms with Gasteiger partial charge in [-0.1, -0.05) is 39.7 Å². The molecule has 1 aromatic heterocycles. The molecule has 3 aromatic rings. The molecule has 0 fully saturated rings.